The molecule has 0 saturated carbocycles. The third kappa shape index (κ3) is 2.06. The summed E-state index contributed by atoms with van der Waals surface area (Å²) in [5.74, 6) is -1.93. The second-order valence-electron chi connectivity index (χ2n) is 3.54. The van der Waals surface area contributed by atoms with Gasteiger partial charge < -0.3 is 19.6 Å². The van der Waals surface area contributed by atoms with Gasteiger partial charge in [-0.2, -0.15) is 0 Å². The Balaban J connectivity index is 1.99. The van der Waals surface area contributed by atoms with Gasteiger partial charge in [-0.05, 0) is 12.1 Å². The molecule has 1 aromatic heterocycles. The topological polar surface area (TPSA) is 88.8 Å². The van der Waals surface area contributed by atoms with Crippen LogP contribution in [0.25, 0.3) is 0 Å². The molecule has 1 amide bonds. The summed E-state index contributed by atoms with van der Waals surface area (Å²) in [4.78, 5) is 22.4. The summed E-state index contributed by atoms with van der Waals surface area (Å²) in [5, 5.41) is 11.4. The van der Waals surface area contributed by atoms with Gasteiger partial charge in [0.2, 0.25) is 0 Å². The number of hydrogen-bond donors (Lipinski definition) is 2. The van der Waals surface area contributed by atoms with Gasteiger partial charge in [-0.3, -0.25) is 9.59 Å². The molecule has 0 bridgehead atoms. The number of carbonyl (C=O) groups is 2. The number of nitrogens with one attached hydrogen (secondary N) is 1. The smallest absolute Gasteiger partial charge is 0.311 e. The monoisotopic (exact) mass is 225 g/mol. The van der Waals surface area contributed by atoms with E-state index in [1.165, 1.54) is 12.3 Å². The van der Waals surface area contributed by atoms with Crippen LogP contribution >= 0.6 is 0 Å². The van der Waals surface area contributed by atoms with E-state index in [0.29, 0.717) is 0 Å². The van der Waals surface area contributed by atoms with E-state index >= 15 is 0 Å². The van der Waals surface area contributed by atoms with Crippen LogP contribution in [0.1, 0.15) is 10.6 Å². The molecule has 6 nitrogen and oxygen atoms in total. The number of rotatable bonds is 3. The van der Waals surface area contributed by atoms with Crippen LogP contribution < -0.4 is 5.32 Å². The van der Waals surface area contributed by atoms with Crippen molar-refractivity contribution < 1.29 is 23.8 Å². The Morgan fingerprint density at radius 1 is 1.44 bits per heavy atom. The minimum atomic E-state index is -0.970. The minimum Gasteiger partial charge on any atom is -0.481 e. The van der Waals surface area contributed by atoms with Crippen LogP contribution in [0.5, 0.6) is 0 Å². The summed E-state index contributed by atoms with van der Waals surface area (Å²) in [7, 11) is 0. The summed E-state index contributed by atoms with van der Waals surface area (Å²) in [6, 6.07) is 2.60. The van der Waals surface area contributed by atoms with Crippen molar-refractivity contribution in [3.8, 4) is 0 Å². The average molecular weight is 225 g/mol. The summed E-state index contributed by atoms with van der Waals surface area (Å²) >= 11 is 0. The molecule has 1 fully saturated rings. The number of amides is 1. The Kier molecular flexibility index (Phi) is 2.91. The van der Waals surface area contributed by atoms with Crippen molar-refractivity contribution in [2.75, 3.05) is 13.2 Å². The summed E-state index contributed by atoms with van der Waals surface area (Å²) in [6.07, 6.45) is 1.38. The second kappa shape index (κ2) is 4.36. The van der Waals surface area contributed by atoms with Crippen LogP contribution in [-0.2, 0) is 9.53 Å². The lowest BCUT2D eigenvalue weighted by atomic mass is 10.0. The maximum atomic E-state index is 11.6. The number of carboxylic acid groups (broad SMARTS) is 1. The first-order valence-corrected chi connectivity index (χ1v) is 4.83. The van der Waals surface area contributed by atoms with Gasteiger partial charge in [0.25, 0.3) is 5.91 Å². The van der Waals surface area contributed by atoms with Gasteiger partial charge in [0.15, 0.2) is 5.76 Å². The molecule has 2 atom stereocenters. The summed E-state index contributed by atoms with van der Waals surface area (Å²) < 4.78 is 9.92. The Morgan fingerprint density at radius 3 is 2.88 bits per heavy atom. The van der Waals surface area contributed by atoms with Crippen molar-refractivity contribution in [1.82, 2.24) is 5.32 Å². The van der Waals surface area contributed by atoms with Crippen molar-refractivity contribution in [2.45, 2.75) is 6.04 Å². The van der Waals surface area contributed by atoms with Crippen LogP contribution in [-0.4, -0.2) is 36.2 Å². The first kappa shape index (κ1) is 10.7. The molecule has 2 heterocycles. The van der Waals surface area contributed by atoms with E-state index in [1.54, 1.807) is 6.07 Å². The van der Waals surface area contributed by atoms with Crippen LogP contribution in [0.4, 0.5) is 0 Å². The fourth-order valence-corrected chi connectivity index (χ4v) is 1.59. The molecule has 2 rings (SSSR count). The van der Waals surface area contributed by atoms with E-state index in [1.807, 2.05) is 0 Å². The molecule has 86 valence electrons. The van der Waals surface area contributed by atoms with Crippen molar-refractivity contribution >= 4 is 11.9 Å². The van der Waals surface area contributed by atoms with Crippen molar-refractivity contribution in [2.24, 2.45) is 5.92 Å². The predicted molar refractivity (Wildman–Crippen MR) is 51.9 cm³/mol. The van der Waals surface area contributed by atoms with Gasteiger partial charge in [-0.15, -0.1) is 0 Å². The zero-order chi connectivity index (χ0) is 11.5. The molecule has 1 aliphatic rings. The average Bonchev–Trinajstić information content (AvgIpc) is 2.86. The Bertz CT molecular complexity index is 386. The Hall–Kier alpha value is -1.82. The molecule has 1 aliphatic heterocycles. The molecule has 16 heavy (non-hydrogen) atoms. The maximum Gasteiger partial charge on any atom is 0.311 e. The highest BCUT2D eigenvalue weighted by molar-refractivity contribution is 5.92. The minimum absolute atomic E-state index is 0.123. The SMILES string of the molecule is O=C(NC1COCC1C(=O)O)c1ccco1. The van der Waals surface area contributed by atoms with Crippen LogP contribution in [0.3, 0.4) is 0 Å². The lowest BCUT2D eigenvalue weighted by Crippen LogP contribution is -2.42. The largest absolute Gasteiger partial charge is 0.481 e. The number of carboxylic acids is 1. The lowest BCUT2D eigenvalue weighted by molar-refractivity contribution is -0.142. The molecule has 0 radical (unpaired) electrons. The molecule has 1 aromatic rings. The highest BCUT2D eigenvalue weighted by Gasteiger charge is 2.35. The molecule has 2 unspecified atom stereocenters. The second-order valence-corrected chi connectivity index (χ2v) is 3.54. The lowest BCUT2D eigenvalue weighted by Gasteiger charge is -2.14. The van der Waals surface area contributed by atoms with Gasteiger partial charge in [-0.1, -0.05) is 0 Å². The quantitative estimate of drug-likeness (QED) is 0.762. The third-order valence-corrected chi connectivity index (χ3v) is 2.46. The number of hydrogen-bond acceptors (Lipinski definition) is 4. The summed E-state index contributed by atoms with van der Waals surface area (Å²) in [5.41, 5.74) is 0. The van der Waals surface area contributed by atoms with E-state index in [9.17, 15) is 9.59 Å². The van der Waals surface area contributed by atoms with Crippen molar-refractivity contribution in [1.29, 1.82) is 0 Å². The molecular formula is C10H11NO5. The van der Waals surface area contributed by atoms with Gasteiger partial charge in [0.1, 0.15) is 5.92 Å². The zero-order valence-electron chi connectivity index (χ0n) is 8.38. The van der Waals surface area contributed by atoms with E-state index in [2.05, 4.69) is 5.32 Å². The molecule has 0 aliphatic carbocycles. The fourth-order valence-electron chi connectivity index (χ4n) is 1.59. The first-order chi connectivity index (χ1) is 7.68. The number of aliphatic carboxylic acids is 1. The van der Waals surface area contributed by atoms with Gasteiger partial charge in [-0.25, -0.2) is 0 Å². The number of carbonyl (C=O) groups excluding carboxylic acids is 1. The maximum absolute atomic E-state index is 11.6. The molecule has 0 aromatic carbocycles. The standard InChI is InChI=1S/C10H11NO5/c12-9(8-2-1-3-16-8)11-7-5-15-4-6(7)10(13)14/h1-3,6-7H,4-5H2,(H,11,12)(H,13,14). The predicted octanol–water partition coefficient (Wildman–Crippen LogP) is 0.109. The third-order valence-electron chi connectivity index (χ3n) is 2.46. The number of ether oxygens (including phenoxy) is 1. The van der Waals surface area contributed by atoms with Crippen molar-refractivity contribution in [3.05, 3.63) is 24.2 Å². The highest BCUT2D eigenvalue weighted by Crippen LogP contribution is 2.14. The molecule has 0 spiro atoms. The molecule has 6 heteroatoms. The molecule has 1 saturated heterocycles. The first-order valence-electron chi connectivity index (χ1n) is 4.83. The summed E-state index contributed by atoms with van der Waals surface area (Å²) in [6.45, 7) is 0.335. The van der Waals surface area contributed by atoms with Crippen molar-refractivity contribution in [3.63, 3.8) is 0 Å². The van der Waals surface area contributed by atoms with Gasteiger partial charge in [0.05, 0.1) is 25.5 Å². The Labute approximate surface area is 91.2 Å². The van der Waals surface area contributed by atoms with E-state index in [0.717, 1.165) is 0 Å². The zero-order valence-corrected chi connectivity index (χ0v) is 8.38. The fraction of sp³-hybridized carbons (Fsp3) is 0.400. The Morgan fingerprint density at radius 2 is 2.25 bits per heavy atom. The van der Waals surface area contributed by atoms with Gasteiger partial charge in [0, 0.05) is 0 Å². The van der Waals surface area contributed by atoms with E-state index in [4.69, 9.17) is 14.3 Å². The highest BCUT2D eigenvalue weighted by atomic mass is 16.5. The van der Waals surface area contributed by atoms with E-state index < -0.39 is 23.8 Å². The van der Waals surface area contributed by atoms with Crippen LogP contribution in [0, 0.1) is 5.92 Å². The van der Waals surface area contributed by atoms with Crippen LogP contribution in [0.2, 0.25) is 0 Å². The van der Waals surface area contributed by atoms with Crippen LogP contribution in [0.15, 0.2) is 22.8 Å². The molecule has 2 N–H and O–H groups in total. The molecular weight excluding hydrogens is 214 g/mol. The number of furan rings is 1. The normalized spacial score (nSPS) is 24.2. The van der Waals surface area contributed by atoms with E-state index in [-0.39, 0.29) is 19.0 Å². The van der Waals surface area contributed by atoms with Gasteiger partial charge >= 0.3 is 5.97 Å².